The highest BCUT2D eigenvalue weighted by Crippen LogP contribution is 2.21. The van der Waals surface area contributed by atoms with E-state index in [9.17, 15) is 14.4 Å². The molecule has 0 heterocycles. The Hall–Kier alpha value is -1.18. The number of carbonyl (C=O) groups is 3. The van der Waals surface area contributed by atoms with E-state index < -0.39 is 0 Å². The minimum absolute atomic E-state index is 0.0915. The first-order valence-corrected chi connectivity index (χ1v) is 20.0. The van der Waals surface area contributed by atoms with Crippen LogP contribution in [0.2, 0.25) is 0 Å². The molecule has 0 saturated heterocycles. The van der Waals surface area contributed by atoms with Gasteiger partial charge in [-0.15, -0.1) is 0 Å². The summed E-state index contributed by atoms with van der Waals surface area (Å²) in [5.74, 6) is 2.55. The summed E-state index contributed by atoms with van der Waals surface area (Å²) in [6.45, 7) is 20.7. The van der Waals surface area contributed by atoms with Crippen molar-refractivity contribution in [1.82, 2.24) is 47.0 Å². The van der Waals surface area contributed by atoms with Gasteiger partial charge in [0.25, 0.3) is 0 Å². The number of nitrogens with two attached hydrogens (primary N) is 1. The zero-order valence-corrected chi connectivity index (χ0v) is 32.9. The smallest absolute Gasteiger partial charge is 0.243 e. The molecule has 0 atom stereocenters. The number of likely N-dealkylation sites (N-methyl/N-ethyl adjacent to an activating group) is 4. The van der Waals surface area contributed by atoms with Gasteiger partial charge in [-0.2, -0.15) is 12.6 Å². The summed E-state index contributed by atoms with van der Waals surface area (Å²) in [5.41, 5.74) is 5.49. The lowest BCUT2D eigenvalue weighted by Gasteiger charge is -2.22. The first-order chi connectivity index (χ1) is 23.3. The van der Waals surface area contributed by atoms with Crippen molar-refractivity contribution in [2.45, 2.75) is 19.3 Å². The molecule has 0 aliphatic heterocycles. The van der Waals surface area contributed by atoms with Crippen LogP contribution in [-0.2, 0) is 14.4 Å². The second kappa shape index (κ2) is 43.8. The molecule has 9 N–H and O–H groups in total. The number of hydrogen-bond donors (Lipinski definition) is 9. The molecule has 48 heavy (non-hydrogen) atoms. The summed E-state index contributed by atoms with van der Waals surface area (Å²) >= 11 is 4.05. The number of nitrogens with one attached hydrogen (secondary N) is 7. The molecule has 2 amide bonds. The monoisotopic (exact) mass is 738 g/mol. The Morgan fingerprint density at radius 1 is 0.667 bits per heavy atom. The van der Waals surface area contributed by atoms with Crippen molar-refractivity contribution >= 4 is 51.8 Å². The molecule has 0 fully saturated rings. The highest BCUT2D eigenvalue weighted by atomic mass is 33.1. The van der Waals surface area contributed by atoms with E-state index in [0.29, 0.717) is 31.7 Å². The molecule has 0 aliphatic rings. The summed E-state index contributed by atoms with van der Waals surface area (Å²) in [4.78, 5) is 37.8. The van der Waals surface area contributed by atoms with Gasteiger partial charge in [0, 0.05) is 128 Å². The van der Waals surface area contributed by atoms with Crippen molar-refractivity contribution in [1.29, 1.82) is 0 Å². The van der Waals surface area contributed by atoms with Crippen LogP contribution >= 0.6 is 34.2 Å². The average molecular weight is 739 g/mol. The summed E-state index contributed by atoms with van der Waals surface area (Å²) in [7, 11) is 11.3. The van der Waals surface area contributed by atoms with Crippen molar-refractivity contribution < 1.29 is 14.4 Å². The van der Waals surface area contributed by atoms with E-state index in [1.165, 1.54) is 12.2 Å². The molecule has 0 radical (unpaired) electrons. The lowest BCUT2D eigenvalue weighted by Crippen LogP contribution is -2.40. The Morgan fingerprint density at radius 2 is 1.19 bits per heavy atom. The standard InChI is InChI=1S/C13H31N5OS.C11H17NO2S2.C8H22N4/c1-14-5-9-18(10-6-15-2)11-7-16-4-3-13(19)17-8-12-20;1-3-10(13)6-5-8-15-16-9-7-12-11(14)4-2;1-10-4-7-12(6-3-9)8-5-11-2/h14-16,20H,3-12H2,1-2H3,(H,17,19);3-4H,1-2,5-9H2,(H,12,14);10-11H,3-9H2,1-2H3. The fourth-order valence-electron chi connectivity index (χ4n) is 3.59. The number of rotatable bonds is 32. The highest BCUT2D eigenvalue weighted by Gasteiger charge is 2.04. The average Bonchev–Trinajstić information content (AvgIpc) is 3.10. The Kier molecular flexibility index (Phi) is 46.8. The quantitative estimate of drug-likeness (QED) is 0.0190. The predicted octanol–water partition coefficient (Wildman–Crippen LogP) is -0.356. The van der Waals surface area contributed by atoms with Crippen LogP contribution in [0, 0.1) is 0 Å². The van der Waals surface area contributed by atoms with Gasteiger partial charge >= 0.3 is 0 Å². The molecule has 0 spiro atoms. The SMILES string of the molecule is C=CC(=O)CCCSSCCNC(=O)C=C.CNCCN(CCN)CCNC.CNCCN(CCNC)CCNCCC(=O)NCCS. The van der Waals surface area contributed by atoms with Crippen LogP contribution in [0.5, 0.6) is 0 Å². The molecular weight excluding hydrogens is 669 g/mol. The number of allylic oxidation sites excluding steroid dienone is 1. The number of ketones is 1. The molecule has 0 aromatic carbocycles. The molecule has 0 rings (SSSR count). The van der Waals surface area contributed by atoms with Gasteiger partial charge in [0.15, 0.2) is 5.78 Å². The summed E-state index contributed by atoms with van der Waals surface area (Å²) in [5, 5.41) is 21.4. The van der Waals surface area contributed by atoms with E-state index in [2.05, 4.69) is 72.8 Å². The Bertz CT molecular complexity index is 716. The third-order valence-electron chi connectivity index (χ3n) is 6.36. The second-order valence-electron chi connectivity index (χ2n) is 10.4. The number of amides is 2. The van der Waals surface area contributed by atoms with E-state index in [1.54, 1.807) is 21.6 Å². The van der Waals surface area contributed by atoms with Crippen LogP contribution < -0.4 is 43.0 Å². The maximum Gasteiger partial charge on any atom is 0.243 e. The third-order valence-corrected chi connectivity index (χ3v) is 9.07. The second-order valence-corrected chi connectivity index (χ2v) is 13.5. The zero-order valence-electron chi connectivity index (χ0n) is 30.4. The van der Waals surface area contributed by atoms with Gasteiger partial charge in [0.1, 0.15) is 0 Å². The van der Waals surface area contributed by atoms with Crippen LogP contribution in [-0.4, -0.2) is 171 Å². The predicted molar refractivity (Wildman–Crippen MR) is 215 cm³/mol. The van der Waals surface area contributed by atoms with Gasteiger partial charge in [0.05, 0.1) is 0 Å². The number of thiol groups is 1. The lowest BCUT2D eigenvalue weighted by atomic mass is 10.2. The maximum absolute atomic E-state index is 11.4. The van der Waals surface area contributed by atoms with E-state index in [1.807, 2.05) is 28.2 Å². The van der Waals surface area contributed by atoms with Crippen molar-refractivity contribution in [3.05, 3.63) is 25.3 Å². The molecule has 0 aromatic heterocycles. The summed E-state index contributed by atoms with van der Waals surface area (Å²) in [6.07, 6.45) is 4.61. The molecule has 0 unspecified atom stereocenters. The van der Waals surface area contributed by atoms with Gasteiger partial charge in [-0.05, 0) is 46.8 Å². The minimum atomic E-state index is -0.137. The first kappa shape index (κ1) is 51.2. The van der Waals surface area contributed by atoms with Crippen LogP contribution in [0.25, 0.3) is 0 Å². The van der Waals surface area contributed by atoms with Crippen molar-refractivity contribution in [3.63, 3.8) is 0 Å². The first-order valence-electron chi connectivity index (χ1n) is 16.9. The van der Waals surface area contributed by atoms with Gasteiger partial charge in [-0.1, -0.05) is 34.7 Å². The Labute approximate surface area is 306 Å². The lowest BCUT2D eigenvalue weighted by molar-refractivity contribution is -0.121. The number of hydrogen-bond acceptors (Lipinski definition) is 14. The number of nitrogens with zero attached hydrogens (tertiary/aromatic N) is 2. The van der Waals surface area contributed by atoms with Crippen molar-refractivity contribution in [3.8, 4) is 0 Å². The topological polar surface area (TPSA) is 168 Å². The van der Waals surface area contributed by atoms with Gasteiger partial charge < -0.3 is 43.0 Å². The van der Waals surface area contributed by atoms with E-state index in [-0.39, 0.29) is 17.6 Å². The number of carbonyl (C=O) groups excluding carboxylic acids is 3. The van der Waals surface area contributed by atoms with Crippen LogP contribution in [0.4, 0.5) is 0 Å². The van der Waals surface area contributed by atoms with Crippen LogP contribution in [0.1, 0.15) is 19.3 Å². The van der Waals surface area contributed by atoms with Crippen molar-refractivity contribution in [2.24, 2.45) is 5.73 Å². The molecule has 0 aromatic rings. The van der Waals surface area contributed by atoms with E-state index in [0.717, 1.165) is 103 Å². The molecule has 284 valence electrons. The highest BCUT2D eigenvalue weighted by molar-refractivity contribution is 8.76. The molecule has 0 bridgehead atoms. The van der Waals surface area contributed by atoms with Gasteiger partial charge in [-0.3, -0.25) is 24.2 Å². The van der Waals surface area contributed by atoms with E-state index >= 15 is 0 Å². The molecule has 16 heteroatoms. The minimum Gasteiger partial charge on any atom is -0.355 e. The van der Waals surface area contributed by atoms with Gasteiger partial charge in [-0.25, -0.2) is 0 Å². The fraction of sp³-hybridized carbons (Fsp3) is 0.781. The van der Waals surface area contributed by atoms with Crippen molar-refractivity contribution in [2.75, 3.05) is 144 Å². The fourth-order valence-corrected chi connectivity index (χ4v) is 5.70. The zero-order chi connectivity index (χ0) is 36.5. The Morgan fingerprint density at radius 3 is 1.67 bits per heavy atom. The Balaban J connectivity index is -0.000000654. The largest absolute Gasteiger partial charge is 0.355 e. The molecule has 0 aliphatic carbocycles. The van der Waals surface area contributed by atoms with E-state index in [4.69, 9.17) is 5.73 Å². The third kappa shape index (κ3) is 42.8. The van der Waals surface area contributed by atoms with Crippen LogP contribution in [0.3, 0.4) is 0 Å². The normalized spacial score (nSPS) is 10.5. The molecule has 13 nitrogen and oxygen atoms in total. The van der Waals surface area contributed by atoms with Gasteiger partial charge in [0.2, 0.25) is 11.8 Å². The molecular formula is C32H70N10O3S3. The summed E-state index contributed by atoms with van der Waals surface area (Å²) < 4.78 is 0. The summed E-state index contributed by atoms with van der Waals surface area (Å²) in [6, 6.07) is 0. The van der Waals surface area contributed by atoms with Crippen LogP contribution in [0.15, 0.2) is 25.3 Å². The molecule has 0 saturated carbocycles. The maximum atomic E-state index is 11.4.